The molecule has 0 aromatic rings. The standard InChI is InChI=1S/C48H86O14/c1-3-5-7-9-11-13-15-17-18-19-20-22-24-26-28-30-32-57-34-37(60-40(50)31-29-27-25-23-21-16-14-12-10-8-6-4-2)35-58-47-46(56)44(54)42(52)39(62-47)36-59-48-45(55)43(53)41(51)38(33-49)61-48/h5,7,11,13,17-18,37-39,41-49,51-56H,3-4,6,8-10,12,14-16,19-36H2,1-2H3/b7-5-,13-11-,18-17-. The highest BCUT2D eigenvalue weighted by Gasteiger charge is 2.47. The molecule has 0 saturated carbocycles. The lowest BCUT2D eigenvalue weighted by atomic mass is 9.98. The van der Waals surface area contributed by atoms with Crippen molar-refractivity contribution in [2.75, 3.05) is 33.0 Å². The number of carbonyl (C=O) groups is 1. The molecule has 0 aliphatic carbocycles. The van der Waals surface area contributed by atoms with Crippen LogP contribution in [0, 0.1) is 0 Å². The van der Waals surface area contributed by atoms with Crippen molar-refractivity contribution in [1.29, 1.82) is 0 Å². The fraction of sp³-hybridized carbons (Fsp3) is 0.854. The largest absolute Gasteiger partial charge is 0.457 e. The van der Waals surface area contributed by atoms with Crippen molar-refractivity contribution in [3.8, 4) is 0 Å². The molecule has 362 valence electrons. The first-order valence-electron chi connectivity index (χ1n) is 24.1. The van der Waals surface area contributed by atoms with Crippen molar-refractivity contribution in [2.45, 2.75) is 229 Å². The van der Waals surface area contributed by atoms with Crippen molar-refractivity contribution in [3.05, 3.63) is 36.5 Å². The molecule has 2 rings (SSSR count). The molecule has 11 unspecified atom stereocenters. The molecule has 0 aromatic carbocycles. The average molecular weight is 887 g/mol. The predicted molar refractivity (Wildman–Crippen MR) is 238 cm³/mol. The van der Waals surface area contributed by atoms with Gasteiger partial charge in [0.05, 0.1) is 26.4 Å². The van der Waals surface area contributed by atoms with Gasteiger partial charge in [0, 0.05) is 13.0 Å². The second-order valence-electron chi connectivity index (χ2n) is 16.9. The third-order valence-corrected chi connectivity index (χ3v) is 11.4. The number of aliphatic hydroxyl groups excluding tert-OH is 7. The van der Waals surface area contributed by atoms with E-state index in [0.29, 0.717) is 13.0 Å². The monoisotopic (exact) mass is 887 g/mol. The third kappa shape index (κ3) is 24.5. The number of hydrogen-bond donors (Lipinski definition) is 7. The van der Waals surface area contributed by atoms with Gasteiger partial charge in [-0.15, -0.1) is 0 Å². The van der Waals surface area contributed by atoms with Crippen LogP contribution in [-0.2, 0) is 33.2 Å². The fourth-order valence-electron chi connectivity index (χ4n) is 7.47. The van der Waals surface area contributed by atoms with E-state index in [4.69, 9.17) is 28.4 Å². The Morgan fingerprint density at radius 1 is 0.548 bits per heavy atom. The van der Waals surface area contributed by atoms with E-state index in [0.717, 1.165) is 70.6 Å². The zero-order valence-electron chi connectivity index (χ0n) is 38.1. The van der Waals surface area contributed by atoms with Gasteiger partial charge in [-0.3, -0.25) is 4.79 Å². The van der Waals surface area contributed by atoms with E-state index in [-0.39, 0.29) is 25.6 Å². The average Bonchev–Trinajstić information content (AvgIpc) is 3.27. The van der Waals surface area contributed by atoms with Crippen LogP contribution in [0.4, 0.5) is 0 Å². The maximum Gasteiger partial charge on any atom is 0.306 e. The van der Waals surface area contributed by atoms with Gasteiger partial charge in [0.1, 0.15) is 54.9 Å². The lowest BCUT2D eigenvalue weighted by Crippen LogP contribution is -2.61. The molecule has 0 amide bonds. The summed E-state index contributed by atoms with van der Waals surface area (Å²) in [6, 6.07) is 0. The minimum Gasteiger partial charge on any atom is -0.457 e. The van der Waals surface area contributed by atoms with E-state index in [9.17, 15) is 40.5 Å². The molecular formula is C48H86O14. The van der Waals surface area contributed by atoms with Gasteiger partial charge < -0.3 is 64.2 Å². The maximum atomic E-state index is 12.9. The fourth-order valence-corrected chi connectivity index (χ4v) is 7.47. The number of hydrogen-bond acceptors (Lipinski definition) is 14. The van der Waals surface area contributed by atoms with Crippen molar-refractivity contribution in [2.24, 2.45) is 0 Å². The highest BCUT2D eigenvalue weighted by molar-refractivity contribution is 5.69. The predicted octanol–water partition coefficient (Wildman–Crippen LogP) is 6.24. The maximum absolute atomic E-state index is 12.9. The molecule has 14 nitrogen and oxygen atoms in total. The summed E-state index contributed by atoms with van der Waals surface area (Å²) in [7, 11) is 0. The smallest absolute Gasteiger partial charge is 0.306 e. The van der Waals surface area contributed by atoms with E-state index in [1.54, 1.807) is 0 Å². The molecule has 2 aliphatic heterocycles. The van der Waals surface area contributed by atoms with Crippen LogP contribution in [-0.4, -0.2) is 142 Å². The highest BCUT2D eigenvalue weighted by atomic mass is 16.7. The van der Waals surface area contributed by atoms with Gasteiger partial charge in [0.25, 0.3) is 0 Å². The Balaban J connectivity index is 1.80. The number of unbranched alkanes of at least 4 members (excludes halogenated alkanes) is 17. The summed E-state index contributed by atoms with van der Waals surface area (Å²) in [6.45, 7) is 3.53. The second kappa shape index (κ2) is 36.4. The summed E-state index contributed by atoms with van der Waals surface area (Å²) in [4.78, 5) is 12.9. The van der Waals surface area contributed by atoms with Crippen molar-refractivity contribution in [3.63, 3.8) is 0 Å². The van der Waals surface area contributed by atoms with Crippen LogP contribution in [0.25, 0.3) is 0 Å². The van der Waals surface area contributed by atoms with Crippen LogP contribution >= 0.6 is 0 Å². The normalized spacial score (nSPS) is 27.5. The SMILES string of the molecule is CC/C=C\C/C=C\C/C=C\CCCCCCCCOCC(COC1OC(COC2OC(CO)C(O)C(O)C2O)C(O)C(O)C1O)OC(=O)CCCCCCCCCCCCCC. The lowest BCUT2D eigenvalue weighted by molar-refractivity contribution is -0.332. The zero-order valence-corrected chi connectivity index (χ0v) is 38.1. The Kier molecular flexibility index (Phi) is 33.1. The Hall–Kier alpha value is -1.79. The van der Waals surface area contributed by atoms with Crippen molar-refractivity contribution >= 4 is 5.97 Å². The first-order chi connectivity index (χ1) is 30.1. The quantitative estimate of drug-likeness (QED) is 0.0209. The Bertz CT molecular complexity index is 1170. The van der Waals surface area contributed by atoms with Gasteiger partial charge in [0.2, 0.25) is 0 Å². The molecule has 2 saturated heterocycles. The molecule has 11 atom stereocenters. The van der Waals surface area contributed by atoms with Crippen LogP contribution in [0.1, 0.15) is 162 Å². The Labute approximate surface area is 372 Å². The molecule has 0 aromatic heterocycles. The van der Waals surface area contributed by atoms with Crippen molar-refractivity contribution < 1.29 is 69.0 Å². The van der Waals surface area contributed by atoms with E-state index in [1.165, 1.54) is 64.2 Å². The number of aliphatic hydroxyl groups is 7. The first kappa shape index (κ1) is 56.3. The number of rotatable bonds is 37. The summed E-state index contributed by atoms with van der Waals surface area (Å²) in [6.07, 6.45) is 22.1. The second-order valence-corrected chi connectivity index (χ2v) is 16.9. The van der Waals surface area contributed by atoms with Gasteiger partial charge in [-0.1, -0.05) is 147 Å². The van der Waals surface area contributed by atoms with E-state index in [1.807, 2.05) is 0 Å². The number of carbonyl (C=O) groups excluding carboxylic acids is 1. The minimum atomic E-state index is -1.71. The summed E-state index contributed by atoms with van der Waals surface area (Å²) >= 11 is 0. The number of ether oxygens (including phenoxy) is 6. The Morgan fingerprint density at radius 2 is 1.05 bits per heavy atom. The van der Waals surface area contributed by atoms with Gasteiger partial charge in [-0.05, 0) is 44.9 Å². The minimum absolute atomic E-state index is 0.0544. The van der Waals surface area contributed by atoms with Crippen LogP contribution in [0.5, 0.6) is 0 Å². The summed E-state index contributed by atoms with van der Waals surface area (Å²) in [5, 5.41) is 72.0. The molecule has 2 heterocycles. The van der Waals surface area contributed by atoms with Crippen LogP contribution in [0.2, 0.25) is 0 Å². The molecule has 2 aliphatic rings. The topological polar surface area (TPSA) is 214 Å². The van der Waals surface area contributed by atoms with Gasteiger partial charge >= 0.3 is 5.97 Å². The van der Waals surface area contributed by atoms with Crippen LogP contribution in [0.3, 0.4) is 0 Å². The third-order valence-electron chi connectivity index (χ3n) is 11.4. The van der Waals surface area contributed by atoms with Crippen molar-refractivity contribution in [1.82, 2.24) is 0 Å². The molecule has 0 radical (unpaired) electrons. The van der Waals surface area contributed by atoms with Crippen LogP contribution in [0.15, 0.2) is 36.5 Å². The van der Waals surface area contributed by atoms with E-state index >= 15 is 0 Å². The summed E-state index contributed by atoms with van der Waals surface area (Å²) in [5.74, 6) is -0.383. The van der Waals surface area contributed by atoms with E-state index < -0.39 is 80.7 Å². The molecule has 0 spiro atoms. The molecule has 0 bridgehead atoms. The molecule has 62 heavy (non-hydrogen) atoms. The number of allylic oxidation sites excluding steroid dienone is 6. The van der Waals surface area contributed by atoms with Gasteiger partial charge in [-0.2, -0.15) is 0 Å². The van der Waals surface area contributed by atoms with Crippen LogP contribution < -0.4 is 0 Å². The molecular weight excluding hydrogens is 801 g/mol. The van der Waals surface area contributed by atoms with Gasteiger partial charge in [0.15, 0.2) is 12.6 Å². The summed E-state index contributed by atoms with van der Waals surface area (Å²) < 4.78 is 34.2. The van der Waals surface area contributed by atoms with Gasteiger partial charge in [-0.25, -0.2) is 0 Å². The van der Waals surface area contributed by atoms with E-state index in [2.05, 4.69) is 50.3 Å². The lowest BCUT2D eigenvalue weighted by Gasteiger charge is -2.42. The molecule has 2 fully saturated rings. The first-order valence-corrected chi connectivity index (χ1v) is 24.1. The zero-order chi connectivity index (χ0) is 45.2. The molecule has 7 N–H and O–H groups in total. The highest BCUT2D eigenvalue weighted by Crippen LogP contribution is 2.26. The Morgan fingerprint density at radius 3 is 1.65 bits per heavy atom. The molecule has 14 heteroatoms. The summed E-state index contributed by atoms with van der Waals surface area (Å²) in [5.41, 5.74) is 0. The number of esters is 1.